The van der Waals surface area contributed by atoms with E-state index in [1.807, 2.05) is 0 Å². The molecule has 7 nitrogen and oxygen atoms in total. The van der Waals surface area contributed by atoms with Gasteiger partial charge < -0.3 is 5.11 Å². The Kier molecular flexibility index (Phi) is 27.3. The highest BCUT2D eigenvalue weighted by Crippen LogP contribution is 1.84. The van der Waals surface area contributed by atoms with Gasteiger partial charge in [-0.1, -0.05) is 27.2 Å². The van der Waals surface area contributed by atoms with E-state index in [-0.39, 0.29) is 24.8 Å². The van der Waals surface area contributed by atoms with E-state index in [4.69, 9.17) is 5.11 Å². The van der Waals surface area contributed by atoms with Crippen LogP contribution < -0.4 is 0 Å². The van der Waals surface area contributed by atoms with Gasteiger partial charge in [0.1, 0.15) is 0 Å². The summed E-state index contributed by atoms with van der Waals surface area (Å²) in [6.07, 6.45) is 4.19. The van der Waals surface area contributed by atoms with Crippen molar-refractivity contribution in [2.75, 3.05) is 6.26 Å². The molecule has 0 atom stereocenters. The molecule has 26 heavy (non-hydrogen) atoms. The van der Waals surface area contributed by atoms with Gasteiger partial charge in [0, 0.05) is 17.7 Å². The third kappa shape index (κ3) is 68.5. The van der Waals surface area contributed by atoms with Gasteiger partial charge in [-0.05, 0) is 45.4 Å². The molecule has 0 aromatic rings. The minimum atomic E-state index is -2.90. The number of carbonyl (C=O) groups excluding carboxylic acids is 3. The lowest BCUT2D eigenvalue weighted by Crippen LogP contribution is -1.89. The summed E-state index contributed by atoms with van der Waals surface area (Å²) in [5.41, 5.74) is 0.620. The highest BCUT2D eigenvalue weighted by molar-refractivity contribution is 7.93. The molecule has 0 fully saturated rings. The minimum Gasteiger partial charge on any atom is -0.478 e. The van der Waals surface area contributed by atoms with Crippen LogP contribution in [0.3, 0.4) is 0 Å². The number of hydrogen-bond acceptors (Lipinski definition) is 6. The fourth-order valence-electron chi connectivity index (χ4n) is 0.189. The number of carbonyl (C=O) groups is 4. The molecule has 0 heterocycles. The molecule has 0 radical (unpaired) electrons. The fraction of sp³-hybridized carbons (Fsp3) is 0.333. The number of sulfone groups is 1. The predicted octanol–water partition coefficient (Wildman–Crippen LogP) is 2.94. The molecule has 0 rings (SSSR count). The van der Waals surface area contributed by atoms with Gasteiger partial charge in [0.25, 0.3) is 0 Å². The minimum absolute atomic E-state index is 0. The highest BCUT2D eigenvalue weighted by Gasteiger charge is 1.86. The van der Waals surface area contributed by atoms with Crippen molar-refractivity contribution < 1.29 is 32.7 Å². The number of hydrogen-bond donors (Lipinski definition) is 1. The standard InChI is InChI=1S/C5H6O3.C5H8O.C4H6O.C3H6O2S.CH4/c1-4(6)2-3-5(7)8;1-4(2)5(3)6;1-3-4(2)5;1-3-6(2,4)5;/h2-3H,1H3,(H,7,8);1H2,2-3H3;3H,1H2,2H3;3H,1H2,2H3;1H4/b3-2-;;;;. The maximum atomic E-state index is 10.0. The van der Waals surface area contributed by atoms with Crippen molar-refractivity contribution in [3.05, 3.63) is 48.9 Å². The van der Waals surface area contributed by atoms with Gasteiger partial charge in [0.05, 0.1) is 0 Å². The summed E-state index contributed by atoms with van der Waals surface area (Å²) >= 11 is 0. The molecule has 0 aliphatic heterocycles. The van der Waals surface area contributed by atoms with Crippen molar-refractivity contribution >= 4 is 33.2 Å². The Morgan fingerprint density at radius 2 is 1.15 bits per heavy atom. The molecule has 8 heteroatoms. The number of rotatable bonds is 5. The quantitative estimate of drug-likeness (QED) is 0.716. The molecule has 0 bridgehead atoms. The highest BCUT2D eigenvalue weighted by atomic mass is 32.2. The number of carboxylic acids is 1. The normalized spacial score (nSPS) is 8.50. The zero-order chi connectivity index (χ0) is 21.2. The molecule has 0 saturated carbocycles. The fourth-order valence-corrected chi connectivity index (χ4v) is 0.189. The van der Waals surface area contributed by atoms with Crippen LogP contribution in [-0.4, -0.2) is 43.1 Å². The maximum absolute atomic E-state index is 10.0. The Balaban J connectivity index is -0.0000000756. The van der Waals surface area contributed by atoms with Crippen LogP contribution in [0.2, 0.25) is 0 Å². The average Bonchev–Trinajstić information content (AvgIpc) is 2.46. The van der Waals surface area contributed by atoms with Crippen molar-refractivity contribution in [2.45, 2.75) is 35.1 Å². The molecule has 0 amide bonds. The monoisotopic (exact) mass is 390 g/mol. The van der Waals surface area contributed by atoms with Crippen LogP contribution in [0.1, 0.15) is 35.1 Å². The van der Waals surface area contributed by atoms with Gasteiger partial charge in [0.2, 0.25) is 0 Å². The van der Waals surface area contributed by atoms with E-state index in [1.165, 1.54) is 26.8 Å². The van der Waals surface area contributed by atoms with Gasteiger partial charge in [-0.2, -0.15) is 0 Å². The molecule has 1 N–H and O–H groups in total. The van der Waals surface area contributed by atoms with E-state index >= 15 is 0 Å². The van der Waals surface area contributed by atoms with Crippen molar-refractivity contribution in [3.63, 3.8) is 0 Å². The summed E-state index contributed by atoms with van der Waals surface area (Å²) in [6, 6.07) is 0. The Labute approximate surface area is 156 Å². The first-order chi connectivity index (χ1) is 11.1. The van der Waals surface area contributed by atoms with Crippen LogP contribution in [0.4, 0.5) is 0 Å². The maximum Gasteiger partial charge on any atom is 0.328 e. The van der Waals surface area contributed by atoms with Crippen molar-refractivity contribution in [3.8, 4) is 0 Å². The lowest BCUT2D eigenvalue weighted by Gasteiger charge is -1.80. The summed E-state index contributed by atoms with van der Waals surface area (Å²) in [7, 11) is -2.90. The number of carboxylic acid groups (broad SMARTS) is 1. The molecule has 0 aliphatic rings. The molecule has 0 aromatic carbocycles. The average molecular weight is 390 g/mol. The van der Waals surface area contributed by atoms with Gasteiger partial charge in [-0.25, -0.2) is 13.2 Å². The zero-order valence-electron chi connectivity index (χ0n) is 15.2. The van der Waals surface area contributed by atoms with E-state index < -0.39 is 15.8 Å². The van der Waals surface area contributed by atoms with Crippen molar-refractivity contribution in [1.82, 2.24) is 0 Å². The summed E-state index contributed by atoms with van der Waals surface area (Å²) in [4.78, 5) is 39.4. The predicted molar refractivity (Wildman–Crippen MR) is 106 cm³/mol. The second kappa shape index (κ2) is 20.4. The summed E-state index contributed by atoms with van der Waals surface area (Å²) in [5.74, 6) is -1.27. The first kappa shape index (κ1) is 34.7. The number of Topliss-reactive ketones (excluding diaryl/α,β-unsaturated/α-hetero) is 1. The summed E-state index contributed by atoms with van der Waals surface area (Å²) in [5, 5.41) is 8.83. The Morgan fingerprint density at radius 1 is 0.885 bits per heavy atom. The lowest BCUT2D eigenvalue weighted by molar-refractivity contribution is -0.131. The Bertz CT molecular complexity index is 584. The second-order valence-corrected chi connectivity index (χ2v) is 6.42. The van der Waals surface area contributed by atoms with E-state index in [9.17, 15) is 27.6 Å². The topological polar surface area (TPSA) is 123 Å². The van der Waals surface area contributed by atoms with E-state index in [0.717, 1.165) is 23.8 Å². The number of ketones is 3. The molecule has 0 saturated heterocycles. The lowest BCUT2D eigenvalue weighted by atomic mass is 10.3. The molecule has 0 aliphatic carbocycles. The first-order valence-corrected chi connectivity index (χ1v) is 8.59. The van der Waals surface area contributed by atoms with Crippen molar-refractivity contribution in [2.24, 2.45) is 0 Å². The molecule has 0 spiro atoms. The molecule has 0 aromatic heterocycles. The SMILES string of the molecule is C.C=C(C)C(C)=O.C=CC(C)=O.C=CS(C)(=O)=O.CC(=O)/C=C\C(=O)O. The van der Waals surface area contributed by atoms with E-state index in [2.05, 4.69) is 19.7 Å². The van der Waals surface area contributed by atoms with Crippen LogP contribution in [0.15, 0.2) is 48.9 Å². The molecule has 0 unspecified atom stereocenters. The van der Waals surface area contributed by atoms with Gasteiger partial charge in [-0.3, -0.25) is 14.4 Å². The van der Waals surface area contributed by atoms with Gasteiger partial charge in [-0.15, -0.1) is 0 Å². The van der Waals surface area contributed by atoms with E-state index in [0.29, 0.717) is 5.57 Å². The van der Waals surface area contributed by atoms with Crippen LogP contribution >= 0.6 is 0 Å². The first-order valence-electron chi connectivity index (χ1n) is 6.64. The van der Waals surface area contributed by atoms with Gasteiger partial charge in [0.15, 0.2) is 27.2 Å². The third-order valence-electron chi connectivity index (χ3n) is 1.65. The largest absolute Gasteiger partial charge is 0.478 e. The Hall–Kier alpha value is -2.61. The zero-order valence-corrected chi connectivity index (χ0v) is 16.1. The van der Waals surface area contributed by atoms with Crippen molar-refractivity contribution in [1.29, 1.82) is 0 Å². The van der Waals surface area contributed by atoms with Crippen LogP contribution in [-0.2, 0) is 29.0 Å². The molecule has 150 valence electrons. The van der Waals surface area contributed by atoms with Crippen LogP contribution in [0.25, 0.3) is 0 Å². The smallest absolute Gasteiger partial charge is 0.328 e. The molecular weight excluding hydrogens is 360 g/mol. The van der Waals surface area contributed by atoms with E-state index in [1.54, 1.807) is 6.92 Å². The second-order valence-electron chi connectivity index (χ2n) is 4.43. The number of aliphatic carboxylic acids is 1. The van der Waals surface area contributed by atoms with Gasteiger partial charge >= 0.3 is 5.97 Å². The van der Waals surface area contributed by atoms with Crippen LogP contribution in [0, 0.1) is 0 Å². The Morgan fingerprint density at radius 3 is 1.19 bits per heavy atom. The number of allylic oxidation sites excluding steroid dienone is 3. The van der Waals surface area contributed by atoms with Crippen LogP contribution in [0.5, 0.6) is 0 Å². The summed E-state index contributed by atoms with van der Waals surface area (Å²) in [6.45, 7) is 15.6. The summed E-state index contributed by atoms with van der Waals surface area (Å²) < 4.78 is 19.8. The third-order valence-corrected chi connectivity index (χ3v) is 2.26. The molecular formula is C18H30O7S.